The number of halogens is 2. The molecule has 0 saturated carbocycles. The van der Waals surface area contributed by atoms with Crippen LogP contribution in [0.3, 0.4) is 0 Å². The lowest BCUT2D eigenvalue weighted by atomic mass is 10.3. The first-order valence-electron chi connectivity index (χ1n) is 7.95. The molecular weight excluding hydrogens is 394 g/mol. The van der Waals surface area contributed by atoms with Crippen LogP contribution in [0.25, 0.3) is 10.2 Å². The molecule has 0 aliphatic heterocycles. The number of alkyl halides is 2. The Bertz CT molecular complexity index is 909. The molecule has 0 aliphatic carbocycles. The van der Waals surface area contributed by atoms with Gasteiger partial charge in [0.05, 0.1) is 22.2 Å². The molecule has 0 bridgehead atoms. The van der Waals surface area contributed by atoms with Crippen molar-refractivity contribution >= 4 is 50.6 Å². The standard InChI is InChI=1S/C17H16F2N4O2S2/c1-10(21-17-22-13-4-2-3-5-14(13)27-17)15(24)23-20-8-11-6-7-12(25-11)9-26-16(18)19/h2-8,10,16H,9H2,1H3,(H,21,22)(H,23,24)/b20-8-/t10-/m0/s1. The molecule has 0 aliphatic rings. The third-order valence-corrected chi connectivity index (χ3v) is 5.10. The van der Waals surface area contributed by atoms with E-state index in [0.717, 1.165) is 10.2 Å². The number of aromatic nitrogens is 1. The van der Waals surface area contributed by atoms with E-state index in [1.54, 1.807) is 19.1 Å². The SMILES string of the molecule is C[C@H](Nc1nc2ccccc2s1)C(=O)N/N=C\c1ccc(CSC(F)F)o1. The Hall–Kier alpha value is -2.46. The summed E-state index contributed by atoms with van der Waals surface area (Å²) in [6, 6.07) is 10.4. The van der Waals surface area contributed by atoms with E-state index >= 15 is 0 Å². The van der Waals surface area contributed by atoms with Gasteiger partial charge in [0.2, 0.25) is 0 Å². The number of rotatable bonds is 8. The lowest BCUT2D eigenvalue weighted by molar-refractivity contribution is -0.121. The minimum absolute atomic E-state index is 0.0704. The lowest BCUT2D eigenvalue weighted by Crippen LogP contribution is -2.34. The molecule has 0 fully saturated rings. The van der Waals surface area contributed by atoms with Crippen LogP contribution in [-0.4, -0.2) is 28.9 Å². The Morgan fingerprint density at radius 1 is 1.37 bits per heavy atom. The van der Waals surface area contributed by atoms with Gasteiger partial charge in [0.25, 0.3) is 11.7 Å². The summed E-state index contributed by atoms with van der Waals surface area (Å²) in [5, 5.41) is 7.51. The number of fused-ring (bicyclic) bond motifs is 1. The molecule has 1 atom stereocenters. The summed E-state index contributed by atoms with van der Waals surface area (Å²) in [6.45, 7) is 1.70. The van der Waals surface area contributed by atoms with Crippen LogP contribution in [0.2, 0.25) is 0 Å². The summed E-state index contributed by atoms with van der Waals surface area (Å²) in [7, 11) is 0. The van der Waals surface area contributed by atoms with Crippen LogP contribution in [0.15, 0.2) is 45.9 Å². The number of furan rings is 1. The summed E-state index contributed by atoms with van der Waals surface area (Å²) in [4.78, 5) is 16.5. The van der Waals surface area contributed by atoms with Crippen LogP contribution >= 0.6 is 23.1 Å². The Morgan fingerprint density at radius 2 is 2.19 bits per heavy atom. The summed E-state index contributed by atoms with van der Waals surface area (Å²) < 4.78 is 30.7. The van der Waals surface area contributed by atoms with Crippen molar-refractivity contribution in [2.45, 2.75) is 24.5 Å². The van der Waals surface area contributed by atoms with E-state index in [1.807, 2.05) is 24.3 Å². The number of para-hydroxylation sites is 1. The Kier molecular flexibility index (Phi) is 6.40. The van der Waals surface area contributed by atoms with Crippen LogP contribution < -0.4 is 10.7 Å². The highest BCUT2D eigenvalue weighted by Crippen LogP contribution is 2.25. The number of carbonyl (C=O) groups excluding carboxylic acids is 1. The Labute approximate surface area is 162 Å². The molecule has 0 radical (unpaired) electrons. The number of hydrogen-bond donors (Lipinski definition) is 2. The average molecular weight is 410 g/mol. The van der Waals surface area contributed by atoms with Crippen molar-refractivity contribution < 1.29 is 18.0 Å². The van der Waals surface area contributed by atoms with Gasteiger partial charge >= 0.3 is 0 Å². The molecule has 3 rings (SSSR count). The molecule has 1 aromatic carbocycles. The van der Waals surface area contributed by atoms with Gasteiger partial charge in [-0.05, 0) is 31.2 Å². The molecule has 3 aromatic rings. The van der Waals surface area contributed by atoms with Crippen molar-refractivity contribution in [2.75, 3.05) is 5.32 Å². The van der Waals surface area contributed by atoms with E-state index in [0.29, 0.717) is 28.4 Å². The molecule has 10 heteroatoms. The van der Waals surface area contributed by atoms with Crippen LogP contribution in [-0.2, 0) is 10.5 Å². The molecule has 142 valence electrons. The Morgan fingerprint density at radius 3 is 2.96 bits per heavy atom. The van der Waals surface area contributed by atoms with E-state index in [1.165, 1.54) is 17.6 Å². The van der Waals surface area contributed by atoms with E-state index in [9.17, 15) is 13.6 Å². The van der Waals surface area contributed by atoms with Crippen LogP contribution in [0.4, 0.5) is 13.9 Å². The summed E-state index contributed by atoms with van der Waals surface area (Å²) in [5.74, 6) is -1.94. The third-order valence-electron chi connectivity index (χ3n) is 3.43. The van der Waals surface area contributed by atoms with E-state index < -0.39 is 11.8 Å². The van der Waals surface area contributed by atoms with E-state index in [-0.39, 0.29) is 11.7 Å². The number of nitrogens with zero attached hydrogens (tertiary/aromatic N) is 2. The fourth-order valence-corrected chi connectivity index (χ4v) is 3.53. The molecule has 2 aromatic heterocycles. The van der Waals surface area contributed by atoms with E-state index in [4.69, 9.17) is 4.42 Å². The highest BCUT2D eigenvalue weighted by molar-refractivity contribution is 7.98. The highest BCUT2D eigenvalue weighted by atomic mass is 32.2. The maximum Gasteiger partial charge on any atom is 0.284 e. The van der Waals surface area contributed by atoms with Crippen molar-refractivity contribution in [1.82, 2.24) is 10.4 Å². The molecule has 2 N–H and O–H groups in total. The first-order valence-corrected chi connectivity index (χ1v) is 9.81. The van der Waals surface area contributed by atoms with Gasteiger partial charge in [-0.25, -0.2) is 10.4 Å². The zero-order valence-corrected chi connectivity index (χ0v) is 15.8. The van der Waals surface area contributed by atoms with Gasteiger partial charge in [0.1, 0.15) is 17.6 Å². The number of hydrazone groups is 1. The molecule has 1 amide bonds. The number of benzene rings is 1. The second kappa shape index (κ2) is 8.96. The minimum atomic E-state index is -2.45. The second-order valence-electron chi connectivity index (χ2n) is 5.46. The fourth-order valence-electron chi connectivity index (χ4n) is 2.13. The number of amides is 1. The van der Waals surface area contributed by atoms with Crippen molar-refractivity contribution in [1.29, 1.82) is 0 Å². The normalized spacial score (nSPS) is 12.7. The quantitative estimate of drug-likeness (QED) is 0.428. The minimum Gasteiger partial charge on any atom is -0.459 e. The number of thioether (sulfide) groups is 1. The first-order chi connectivity index (χ1) is 13.0. The van der Waals surface area contributed by atoms with Gasteiger partial charge < -0.3 is 9.73 Å². The number of nitrogens with one attached hydrogen (secondary N) is 2. The molecule has 0 spiro atoms. The number of anilines is 1. The zero-order valence-electron chi connectivity index (χ0n) is 14.2. The van der Waals surface area contributed by atoms with Crippen molar-refractivity contribution in [3.05, 3.63) is 47.9 Å². The molecular formula is C17H16F2N4O2S2. The maximum absolute atomic E-state index is 12.1. The fraction of sp³-hybridized carbons (Fsp3) is 0.235. The van der Waals surface area contributed by atoms with Crippen molar-refractivity contribution in [3.63, 3.8) is 0 Å². The predicted molar refractivity (Wildman–Crippen MR) is 104 cm³/mol. The Balaban J connectivity index is 1.50. The summed E-state index contributed by atoms with van der Waals surface area (Å²) >= 11 is 1.94. The van der Waals surface area contributed by atoms with Gasteiger partial charge in [-0.1, -0.05) is 35.2 Å². The van der Waals surface area contributed by atoms with Crippen LogP contribution in [0.5, 0.6) is 0 Å². The van der Waals surface area contributed by atoms with Gasteiger partial charge in [-0.2, -0.15) is 13.9 Å². The highest BCUT2D eigenvalue weighted by Gasteiger charge is 2.14. The topological polar surface area (TPSA) is 79.5 Å². The molecule has 0 saturated heterocycles. The molecule has 6 nitrogen and oxygen atoms in total. The van der Waals surface area contributed by atoms with Crippen molar-refractivity contribution in [2.24, 2.45) is 5.10 Å². The average Bonchev–Trinajstić information content (AvgIpc) is 3.25. The van der Waals surface area contributed by atoms with Crippen LogP contribution in [0.1, 0.15) is 18.4 Å². The third kappa shape index (κ3) is 5.51. The van der Waals surface area contributed by atoms with Crippen LogP contribution in [0, 0.1) is 0 Å². The largest absolute Gasteiger partial charge is 0.459 e. The predicted octanol–water partition coefficient (Wildman–Crippen LogP) is 4.30. The molecule has 0 unspecified atom stereocenters. The number of carbonyl (C=O) groups is 1. The van der Waals surface area contributed by atoms with Crippen molar-refractivity contribution in [3.8, 4) is 0 Å². The maximum atomic E-state index is 12.1. The summed E-state index contributed by atoms with van der Waals surface area (Å²) in [6.07, 6.45) is 1.32. The van der Waals surface area contributed by atoms with Gasteiger partial charge in [-0.3, -0.25) is 4.79 Å². The number of thiazole rings is 1. The van der Waals surface area contributed by atoms with Gasteiger partial charge in [-0.15, -0.1) is 0 Å². The first kappa shape index (κ1) is 19.3. The molecule has 27 heavy (non-hydrogen) atoms. The number of hydrogen-bond acceptors (Lipinski definition) is 7. The van der Waals surface area contributed by atoms with Gasteiger partial charge in [0.15, 0.2) is 5.13 Å². The zero-order chi connectivity index (χ0) is 19.2. The molecule has 2 heterocycles. The van der Waals surface area contributed by atoms with E-state index in [2.05, 4.69) is 20.8 Å². The van der Waals surface area contributed by atoms with Gasteiger partial charge in [0, 0.05) is 0 Å². The second-order valence-corrected chi connectivity index (χ2v) is 7.47. The monoisotopic (exact) mass is 410 g/mol. The smallest absolute Gasteiger partial charge is 0.284 e. The summed E-state index contributed by atoms with van der Waals surface area (Å²) in [5.41, 5.74) is 3.27. The lowest BCUT2D eigenvalue weighted by Gasteiger charge is -2.10.